The minimum Gasteiger partial charge on any atom is -0.486 e. The number of aromatic amines is 1. The molecule has 13 nitrogen and oxygen atoms in total. The number of benzene rings is 2. The summed E-state index contributed by atoms with van der Waals surface area (Å²) in [5, 5.41) is 18.7. The van der Waals surface area contributed by atoms with Gasteiger partial charge < -0.3 is 24.7 Å². The lowest BCUT2D eigenvalue weighted by Gasteiger charge is -2.35. The van der Waals surface area contributed by atoms with Crippen LogP contribution in [0.5, 0.6) is 5.75 Å². The van der Waals surface area contributed by atoms with Crippen molar-refractivity contribution in [2.75, 3.05) is 26.2 Å². The largest absolute Gasteiger partial charge is 0.486 e. The quantitative estimate of drug-likeness (QED) is 0.243. The SMILES string of the molecule is Cn1c(COc2ccc3c(=O)[nH]nc(Cc4ccc(F)c(C(=O)N5CCN(C(=O)C6CC6)CC5)c4)c3c2)cnc1[N+](=O)[O-]. The first-order valence-corrected chi connectivity index (χ1v) is 13.8. The zero-order chi connectivity index (χ0) is 30.2. The van der Waals surface area contributed by atoms with E-state index >= 15 is 0 Å². The molecule has 2 aromatic heterocycles. The van der Waals surface area contributed by atoms with Crippen molar-refractivity contribution in [3.05, 3.63) is 91.4 Å². The van der Waals surface area contributed by atoms with Crippen molar-refractivity contribution in [3.8, 4) is 5.75 Å². The lowest BCUT2D eigenvalue weighted by Crippen LogP contribution is -2.51. The molecular weight excluding hydrogens is 561 g/mol. The molecular formula is C29H28FN7O6. The maximum Gasteiger partial charge on any atom is 0.434 e. The van der Waals surface area contributed by atoms with Gasteiger partial charge in [0.25, 0.3) is 11.5 Å². The Morgan fingerprint density at radius 1 is 1.09 bits per heavy atom. The van der Waals surface area contributed by atoms with Crippen LogP contribution in [-0.4, -0.2) is 72.5 Å². The highest BCUT2D eigenvalue weighted by molar-refractivity contribution is 5.95. The van der Waals surface area contributed by atoms with Gasteiger partial charge >= 0.3 is 5.95 Å². The zero-order valence-corrected chi connectivity index (χ0v) is 23.3. The molecule has 6 rings (SSSR count). The van der Waals surface area contributed by atoms with Gasteiger partial charge in [-0.05, 0) is 53.7 Å². The van der Waals surface area contributed by atoms with E-state index in [1.807, 2.05) is 0 Å². The van der Waals surface area contributed by atoms with Gasteiger partial charge in [0.1, 0.15) is 24.4 Å². The Morgan fingerprint density at radius 2 is 1.84 bits per heavy atom. The van der Waals surface area contributed by atoms with E-state index in [4.69, 9.17) is 4.74 Å². The third kappa shape index (κ3) is 5.67. The predicted molar refractivity (Wildman–Crippen MR) is 151 cm³/mol. The molecule has 2 fully saturated rings. The number of ether oxygens (including phenoxy) is 1. The summed E-state index contributed by atoms with van der Waals surface area (Å²) < 4.78 is 22.0. The number of piperazine rings is 1. The molecule has 14 heteroatoms. The molecule has 1 N–H and O–H groups in total. The lowest BCUT2D eigenvalue weighted by molar-refractivity contribution is -0.396. The molecule has 4 aromatic rings. The summed E-state index contributed by atoms with van der Waals surface area (Å²) >= 11 is 0. The van der Waals surface area contributed by atoms with Gasteiger partial charge in [-0.15, -0.1) is 0 Å². The number of rotatable bonds is 8. The first-order chi connectivity index (χ1) is 20.7. The molecule has 2 amide bonds. The van der Waals surface area contributed by atoms with Crippen LogP contribution >= 0.6 is 0 Å². The van der Waals surface area contributed by atoms with Gasteiger partial charge in [-0.2, -0.15) is 5.10 Å². The second kappa shape index (κ2) is 11.3. The molecule has 1 aliphatic heterocycles. The topological polar surface area (TPSA) is 157 Å². The Hall–Kier alpha value is -5.14. The monoisotopic (exact) mass is 589 g/mol. The van der Waals surface area contributed by atoms with Crippen LogP contribution in [-0.2, 0) is 24.9 Å². The molecule has 1 saturated carbocycles. The van der Waals surface area contributed by atoms with Crippen molar-refractivity contribution >= 4 is 28.5 Å². The fraction of sp³-hybridized carbons (Fsp3) is 0.345. The molecule has 2 aromatic carbocycles. The predicted octanol–water partition coefficient (Wildman–Crippen LogP) is 2.57. The van der Waals surface area contributed by atoms with Gasteiger partial charge in [-0.25, -0.2) is 14.1 Å². The normalized spacial score (nSPS) is 15.1. The Kier molecular flexibility index (Phi) is 7.34. The van der Waals surface area contributed by atoms with Crippen molar-refractivity contribution in [2.45, 2.75) is 25.9 Å². The van der Waals surface area contributed by atoms with Crippen molar-refractivity contribution in [1.82, 2.24) is 29.5 Å². The molecule has 0 bridgehead atoms. The number of carbonyl (C=O) groups excluding carboxylic acids is 2. The molecule has 2 aliphatic rings. The number of H-pyrrole nitrogens is 1. The number of amides is 2. The van der Waals surface area contributed by atoms with Crippen molar-refractivity contribution in [1.29, 1.82) is 0 Å². The molecule has 0 spiro atoms. The van der Waals surface area contributed by atoms with Crippen LogP contribution in [0, 0.1) is 21.8 Å². The molecule has 3 heterocycles. The molecule has 0 unspecified atom stereocenters. The van der Waals surface area contributed by atoms with Crippen LogP contribution in [0.1, 0.15) is 40.2 Å². The number of nitro groups is 1. The van der Waals surface area contributed by atoms with E-state index in [0.717, 1.165) is 12.8 Å². The molecule has 43 heavy (non-hydrogen) atoms. The molecule has 1 aliphatic carbocycles. The van der Waals surface area contributed by atoms with Gasteiger partial charge in [0.15, 0.2) is 5.69 Å². The number of hydrogen-bond donors (Lipinski definition) is 1. The number of halogens is 1. The van der Waals surface area contributed by atoms with Gasteiger partial charge in [-0.3, -0.25) is 14.4 Å². The van der Waals surface area contributed by atoms with E-state index in [2.05, 4.69) is 15.2 Å². The van der Waals surface area contributed by atoms with E-state index in [0.29, 0.717) is 59.7 Å². The third-order valence-corrected chi connectivity index (χ3v) is 7.89. The Labute approximate surface area is 244 Å². The molecule has 0 atom stereocenters. The van der Waals surface area contributed by atoms with Crippen molar-refractivity contribution < 1.29 is 23.6 Å². The van der Waals surface area contributed by atoms with Crippen LogP contribution in [0.2, 0.25) is 0 Å². The van der Waals surface area contributed by atoms with E-state index < -0.39 is 22.2 Å². The first-order valence-electron chi connectivity index (χ1n) is 13.8. The number of aromatic nitrogens is 4. The minimum absolute atomic E-state index is 0.00122. The average Bonchev–Trinajstić information content (AvgIpc) is 3.79. The van der Waals surface area contributed by atoms with E-state index in [1.54, 1.807) is 34.1 Å². The van der Waals surface area contributed by atoms with Gasteiger partial charge in [-0.1, -0.05) is 11.1 Å². The van der Waals surface area contributed by atoms with E-state index in [1.165, 1.54) is 29.9 Å². The highest BCUT2D eigenvalue weighted by Crippen LogP contribution is 2.31. The Morgan fingerprint density at radius 3 is 2.53 bits per heavy atom. The summed E-state index contributed by atoms with van der Waals surface area (Å²) in [6.07, 6.45) is 3.39. The summed E-state index contributed by atoms with van der Waals surface area (Å²) in [6.45, 7) is 1.53. The van der Waals surface area contributed by atoms with Crippen LogP contribution in [0.25, 0.3) is 10.8 Å². The average molecular weight is 590 g/mol. The second-order valence-electron chi connectivity index (χ2n) is 10.7. The summed E-state index contributed by atoms with van der Waals surface area (Å²) in [4.78, 5) is 55.7. The van der Waals surface area contributed by atoms with Gasteiger partial charge in [0.2, 0.25) is 5.91 Å². The standard InChI is InChI=1S/C29H28FN7O6/c1-34-19(15-31-29(34)37(41)42)16-43-20-5-6-21-22(14-20)25(32-33-26(21)38)13-17-2-7-24(30)23(12-17)28(40)36-10-8-35(9-11-36)27(39)18-3-4-18/h2,5-7,12,14-15,18H,3-4,8-11,13,16H2,1H3,(H,33,38). The summed E-state index contributed by atoms with van der Waals surface area (Å²) in [7, 11) is 1.52. The number of carbonyl (C=O) groups is 2. The molecule has 1 saturated heterocycles. The summed E-state index contributed by atoms with van der Waals surface area (Å²) in [5.74, 6) is -0.742. The lowest BCUT2D eigenvalue weighted by atomic mass is 10.0. The number of fused-ring (bicyclic) bond motifs is 1. The molecule has 0 radical (unpaired) electrons. The van der Waals surface area contributed by atoms with E-state index in [-0.39, 0.29) is 36.4 Å². The first kappa shape index (κ1) is 28.0. The molecule has 222 valence electrons. The highest BCUT2D eigenvalue weighted by atomic mass is 19.1. The van der Waals surface area contributed by atoms with E-state index in [9.17, 15) is 28.9 Å². The van der Waals surface area contributed by atoms with Gasteiger partial charge in [0.05, 0.1) is 23.7 Å². The van der Waals surface area contributed by atoms with Crippen molar-refractivity contribution in [2.24, 2.45) is 13.0 Å². The fourth-order valence-corrected chi connectivity index (χ4v) is 5.25. The van der Waals surface area contributed by atoms with Crippen LogP contribution in [0.15, 0.2) is 47.4 Å². The maximum absolute atomic E-state index is 14.9. The van der Waals surface area contributed by atoms with Crippen LogP contribution in [0.3, 0.4) is 0 Å². The second-order valence-corrected chi connectivity index (χ2v) is 10.7. The maximum atomic E-state index is 14.9. The number of nitrogens with one attached hydrogen (secondary N) is 1. The Bertz CT molecular complexity index is 1810. The third-order valence-electron chi connectivity index (χ3n) is 7.89. The Balaban J connectivity index is 1.20. The van der Waals surface area contributed by atoms with Crippen molar-refractivity contribution in [3.63, 3.8) is 0 Å². The minimum atomic E-state index is -0.643. The zero-order valence-electron chi connectivity index (χ0n) is 23.3. The highest BCUT2D eigenvalue weighted by Gasteiger charge is 2.35. The van der Waals surface area contributed by atoms with Crippen LogP contribution < -0.4 is 10.3 Å². The summed E-state index contributed by atoms with van der Waals surface area (Å²) in [6, 6.07) is 9.15. The smallest absolute Gasteiger partial charge is 0.434 e. The number of hydrogen-bond acceptors (Lipinski definition) is 8. The summed E-state index contributed by atoms with van der Waals surface area (Å²) in [5.41, 5.74) is 1.11. The van der Waals surface area contributed by atoms with Crippen LogP contribution in [0.4, 0.5) is 10.3 Å². The number of imidazole rings is 1. The van der Waals surface area contributed by atoms with Gasteiger partial charge in [0, 0.05) is 43.9 Å². The fourth-order valence-electron chi connectivity index (χ4n) is 5.25. The number of nitrogens with zero attached hydrogens (tertiary/aromatic N) is 6.